The lowest BCUT2D eigenvalue weighted by molar-refractivity contribution is 1.50. The van der Waals surface area contributed by atoms with Gasteiger partial charge in [-0.15, -0.1) is 0 Å². The molecule has 0 bridgehead atoms. The van der Waals surface area contributed by atoms with Crippen LogP contribution in [-0.4, -0.2) is 0 Å². The fraction of sp³-hybridized carbons (Fsp3) is 0. The van der Waals surface area contributed by atoms with E-state index in [2.05, 4.69) is 158 Å². The van der Waals surface area contributed by atoms with Gasteiger partial charge in [-0.05, 0) is 61.4 Å². The molecular weight excluding hydrogens is 432 g/mol. The Morgan fingerprint density at radius 2 is 0.667 bits per heavy atom. The van der Waals surface area contributed by atoms with E-state index in [0.29, 0.717) is 0 Å². The first-order valence-electron chi connectivity index (χ1n) is 12.4. The number of hydrogen-bond acceptors (Lipinski definition) is 0. The van der Waals surface area contributed by atoms with Crippen LogP contribution in [0.2, 0.25) is 0 Å². The van der Waals surface area contributed by atoms with E-state index in [1.165, 1.54) is 55.3 Å². The van der Waals surface area contributed by atoms with Crippen LogP contribution in [0.4, 0.5) is 0 Å². The second kappa shape index (κ2) is 9.90. The predicted molar refractivity (Wildman–Crippen MR) is 154 cm³/mol. The van der Waals surface area contributed by atoms with Crippen LogP contribution in [0.5, 0.6) is 0 Å². The molecule has 0 atom stereocenters. The molecule has 0 nitrogen and oxygen atoms in total. The van der Waals surface area contributed by atoms with Crippen molar-refractivity contribution in [2.45, 2.75) is 0 Å². The Labute approximate surface area is 212 Å². The summed E-state index contributed by atoms with van der Waals surface area (Å²) in [4.78, 5) is 0. The minimum atomic E-state index is 1.20. The third-order valence-electron chi connectivity index (χ3n) is 6.69. The Kier molecular flexibility index (Phi) is 6.00. The fourth-order valence-electron chi connectivity index (χ4n) is 4.92. The standard InChI is InChI=1S/C36H26/c1-4-13-29(14-5-1)35(30-15-6-2-7-16-30)36(31-17-8-3-9-18-31)32-23-20-28(21-24-32)34-25-22-27-12-10-11-19-33(27)26-34/h1-26H. The largest absolute Gasteiger partial charge is 0.0622 e. The molecular formula is C36H26. The molecule has 0 N–H and O–H groups in total. The van der Waals surface area contributed by atoms with Crippen LogP contribution in [-0.2, 0) is 0 Å². The third-order valence-corrected chi connectivity index (χ3v) is 6.69. The van der Waals surface area contributed by atoms with Crippen LogP contribution in [0, 0.1) is 0 Å². The van der Waals surface area contributed by atoms with E-state index in [0.717, 1.165) is 0 Å². The van der Waals surface area contributed by atoms with Crippen LogP contribution in [0.15, 0.2) is 158 Å². The van der Waals surface area contributed by atoms with E-state index in [-0.39, 0.29) is 0 Å². The van der Waals surface area contributed by atoms with Gasteiger partial charge in [0.1, 0.15) is 0 Å². The van der Waals surface area contributed by atoms with Gasteiger partial charge in [0.05, 0.1) is 0 Å². The van der Waals surface area contributed by atoms with E-state index < -0.39 is 0 Å². The van der Waals surface area contributed by atoms with Crippen molar-refractivity contribution in [1.82, 2.24) is 0 Å². The van der Waals surface area contributed by atoms with E-state index in [9.17, 15) is 0 Å². The van der Waals surface area contributed by atoms with Gasteiger partial charge >= 0.3 is 0 Å². The summed E-state index contributed by atoms with van der Waals surface area (Å²) in [5.41, 5.74) is 9.75. The summed E-state index contributed by atoms with van der Waals surface area (Å²) in [6.45, 7) is 0. The Hall–Kier alpha value is -4.68. The van der Waals surface area contributed by atoms with Crippen molar-refractivity contribution in [3.8, 4) is 11.1 Å². The van der Waals surface area contributed by atoms with Gasteiger partial charge < -0.3 is 0 Å². The van der Waals surface area contributed by atoms with Crippen LogP contribution in [0.1, 0.15) is 22.3 Å². The summed E-state index contributed by atoms with van der Waals surface area (Å²) < 4.78 is 0. The smallest absolute Gasteiger partial charge is 0.00268 e. The third kappa shape index (κ3) is 4.37. The minimum Gasteiger partial charge on any atom is -0.0622 e. The molecule has 6 rings (SSSR count). The summed E-state index contributed by atoms with van der Waals surface area (Å²) in [7, 11) is 0. The lowest BCUT2D eigenvalue weighted by Crippen LogP contribution is -1.97. The maximum atomic E-state index is 2.28. The summed E-state index contributed by atoms with van der Waals surface area (Å²) >= 11 is 0. The first-order valence-corrected chi connectivity index (χ1v) is 12.4. The van der Waals surface area contributed by atoms with Gasteiger partial charge in [0.2, 0.25) is 0 Å². The molecule has 0 unspecified atom stereocenters. The zero-order chi connectivity index (χ0) is 24.2. The monoisotopic (exact) mass is 458 g/mol. The first kappa shape index (κ1) is 21.8. The maximum absolute atomic E-state index is 2.28. The predicted octanol–water partition coefficient (Wildman–Crippen LogP) is 9.51. The van der Waals surface area contributed by atoms with Crippen molar-refractivity contribution in [2.24, 2.45) is 0 Å². The van der Waals surface area contributed by atoms with Gasteiger partial charge in [0.15, 0.2) is 0 Å². The topological polar surface area (TPSA) is 0 Å². The Morgan fingerprint density at radius 1 is 0.278 bits per heavy atom. The molecule has 0 aliphatic heterocycles. The molecule has 0 fully saturated rings. The highest BCUT2D eigenvalue weighted by atomic mass is 14.2. The average Bonchev–Trinajstić information content (AvgIpc) is 2.97. The van der Waals surface area contributed by atoms with Gasteiger partial charge in [-0.2, -0.15) is 0 Å². The van der Waals surface area contributed by atoms with Gasteiger partial charge in [-0.3, -0.25) is 0 Å². The maximum Gasteiger partial charge on any atom is -0.00268 e. The van der Waals surface area contributed by atoms with Crippen LogP contribution < -0.4 is 0 Å². The number of rotatable bonds is 5. The molecule has 6 aromatic rings. The summed E-state index contributed by atoms with van der Waals surface area (Å²) in [6.07, 6.45) is 0. The van der Waals surface area contributed by atoms with Crippen LogP contribution in [0.25, 0.3) is 33.0 Å². The van der Waals surface area contributed by atoms with Crippen molar-refractivity contribution < 1.29 is 0 Å². The van der Waals surface area contributed by atoms with Crippen molar-refractivity contribution in [3.05, 3.63) is 180 Å². The molecule has 0 aliphatic carbocycles. The van der Waals surface area contributed by atoms with Crippen molar-refractivity contribution in [3.63, 3.8) is 0 Å². The molecule has 0 aliphatic rings. The SMILES string of the molecule is c1ccc(C(=C(c2ccccc2)c2ccc(-c3ccc4ccccc4c3)cc2)c2ccccc2)cc1. The van der Waals surface area contributed by atoms with Crippen molar-refractivity contribution in [1.29, 1.82) is 0 Å². The molecule has 0 saturated carbocycles. The molecule has 170 valence electrons. The molecule has 36 heavy (non-hydrogen) atoms. The minimum absolute atomic E-state index is 1.20. The number of hydrogen-bond donors (Lipinski definition) is 0. The van der Waals surface area contributed by atoms with E-state index in [1.807, 2.05) is 0 Å². The highest BCUT2D eigenvalue weighted by molar-refractivity contribution is 6.04. The lowest BCUT2D eigenvalue weighted by atomic mass is 9.85. The first-order chi connectivity index (χ1) is 17.9. The zero-order valence-electron chi connectivity index (χ0n) is 20.0. The molecule has 0 amide bonds. The van der Waals surface area contributed by atoms with Gasteiger partial charge in [0.25, 0.3) is 0 Å². The summed E-state index contributed by atoms with van der Waals surface area (Å²) in [6, 6.07) is 56.4. The summed E-state index contributed by atoms with van der Waals surface area (Å²) in [5.74, 6) is 0. The average molecular weight is 459 g/mol. The van der Waals surface area contributed by atoms with Crippen molar-refractivity contribution >= 4 is 21.9 Å². The van der Waals surface area contributed by atoms with Gasteiger partial charge in [0, 0.05) is 0 Å². The van der Waals surface area contributed by atoms with Gasteiger partial charge in [-0.1, -0.05) is 152 Å². The quantitative estimate of drug-likeness (QED) is 0.226. The highest BCUT2D eigenvalue weighted by Gasteiger charge is 2.16. The van der Waals surface area contributed by atoms with E-state index >= 15 is 0 Å². The fourth-order valence-corrected chi connectivity index (χ4v) is 4.92. The molecule has 0 aromatic heterocycles. The zero-order valence-corrected chi connectivity index (χ0v) is 20.0. The Bertz CT molecular complexity index is 1580. The summed E-state index contributed by atoms with van der Waals surface area (Å²) in [5, 5.41) is 2.53. The molecule has 0 radical (unpaired) electrons. The number of fused-ring (bicyclic) bond motifs is 1. The van der Waals surface area contributed by atoms with Crippen LogP contribution >= 0.6 is 0 Å². The van der Waals surface area contributed by atoms with E-state index in [4.69, 9.17) is 0 Å². The Balaban J connectivity index is 1.54. The van der Waals surface area contributed by atoms with Crippen molar-refractivity contribution in [2.75, 3.05) is 0 Å². The second-order valence-corrected chi connectivity index (χ2v) is 8.99. The normalized spacial score (nSPS) is 10.8. The molecule has 6 aromatic carbocycles. The number of benzene rings is 6. The van der Waals surface area contributed by atoms with Gasteiger partial charge in [-0.25, -0.2) is 0 Å². The molecule has 0 heterocycles. The lowest BCUT2D eigenvalue weighted by Gasteiger charge is -2.18. The molecule has 0 heteroatoms. The molecule has 0 spiro atoms. The molecule has 0 saturated heterocycles. The Morgan fingerprint density at radius 3 is 1.17 bits per heavy atom. The van der Waals surface area contributed by atoms with E-state index in [1.54, 1.807) is 0 Å². The van der Waals surface area contributed by atoms with Crippen LogP contribution in [0.3, 0.4) is 0 Å². The highest BCUT2D eigenvalue weighted by Crippen LogP contribution is 2.37. The second-order valence-electron chi connectivity index (χ2n) is 8.99.